The maximum atomic E-state index is 12.3. The average molecular weight is 428 g/mol. The van der Waals surface area contributed by atoms with E-state index in [1.807, 2.05) is 6.07 Å². The fourth-order valence-corrected chi connectivity index (χ4v) is 3.47. The number of ketones is 1. The number of halogens is 2. The molecule has 138 valence electrons. The molecule has 0 spiro atoms. The standard InChI is InChI=1S/C21H11Cl2NO3S/c22-15-5-8-17(18(23)11-15)21(26)27-16-6-3-13(4-7-16)10-14(12-24)20(25)19-2-1-9-28-19/h1-11H/b14-10+. The lowest BCUT2D eigenvalue weighted by Crippen LogP contribution is -2.09. The van der Waals surface area contributed by atoms with Crippen LogP contribution in [0.3, 0.4) is 0 Å². The first-order valence-corrected chi connectivity index (χ1v) is 9.59. The van der Waals surface area contributed by atoms with Gasteiger partial charge in [-0.1, -0.05) is 41.4 Å². The van der Waals surface area contributed by atoms with E-state index in [4.69, 9.17) is 27.9 Å². The Morgan fingerprint density at radius 2 is 1.82 bits per heavy atom. The van der Waals surface area contributed by atoms with E-state index in [9.17, 15) is 14.9 Å². The maximum absolute atomic E-state index is 12.3. The number of esters is 1. The monoisotopic (exact) mass is 427 g/mol. The van der Waals surface area contributed by atoms with E-state index in [2.05, 4.69) is 0 Å². The molecular weight excluding hydrogens is 417 g/mol. The first kappa shape index (κ1) is 19.8. The lowest BCUT2D eigenvalue weighted by Gasteiger charge is -2.06. The lowest BCUT2D eigenvalue weighted by atomic mass is 10.1. The van der Waals surface area contributed by atoms with E-state index in [1.54, 1.807) is 47.8 Å². The van der Waals surface area contributed by atoms with Gasteiger partial charge < -0.3 is 4.74 Å². The summed E-state index contributed by atoms with van der Waals surface area (Å²) in [7, 11) is 0. The largest absolute Gasteiger partial charge is 0.423 e. The van der Waals surface area contributed by atoms with Crippen molar-refractivity contribution >= 4 is 52.4 Å². The van der Waals surface area contributed by atoms with Crippen molar-refractivity contribution in [3.63, 3.8) is 0 Å². The van der Waals surface area contributed by atoms with Crippen molar-refractivity contribution in [2.24, 2.45) is 0 Å². The molecule has 0 aliphatic carbocycles. The number of thiophene rings is 1. The molecule has 2 aromatic carbocycles. The zero-order valence-electron chi connectivity index (χ0n) is 14.2. The fraction of sp³-hybridized carbons (Fsp3) is 0. The molecule has 0 radical (unpaired) electrons. The highest BCUT2D eigenvalue weighted by Crippen LogP contribution is 2.23. The van der Waals surface area contributed by atoms with Crippen LogP contribution in [0.15, 0.2) is 65.6 Å². The summed E-state index contributed by atoms with van der Waals surface area (Å²) in [5, 5.41) is 11.7. The summed E-state index contributed by atoms with van der Waals surface area (Å²) < 4.78 is 5.30. The number of hydrogen-bond acceptors (Lipinski definition) is 5. The Labute approximate surface area is 175 Å². The molecule has 0 aliphatic rings. The summed E-state index contributed by atoms with van der Waals surface area (Å²) in [5.74, 6) is -0.641. The third-order valence-corrected chi connectivity index (χ3v) is 5.08. The van der Waals surface area contributed by atoms with Crippen LogP contribution in [0.4, 0.5) is 0 Å². The Hall–Kier alpha value is -2.91. The Balaban J connectivity index is 1.75. The van der Waals surface area contributed by atoms with E-state index in [0.717, 1.165) is 0 Å². The van der Waals surface area contributed by atoms with Gasteiger partial charge in [-0.05, 0) is 53.4 Å². The second-order valence-corrected chi connectivity index (χ2v) is 7.35. The predicted molar refractivity (Wildman–Crippen MR) is 110 cm³/mol. The molecule has 3 aromatic rings. The molecule has 0 fully saturated rings. The van der Waals surface area contributed by atoms with Gasteiger partial charge >= 0.3 is 5.97 Å². The highest BCUT2D eigenvalue weighted by Gasteiger charge is 2.14. The second kappa shape index (κ2) is 8.85. The molecule has 4 nitrogen and oxygen atoms in total. The number of ether oxygens (including phenoxy) is 1. The first-order valence-electron chi connectivity index (χ1n) is 7.95. The Kier molecular flexibility index (Phi) is 6.27. The van der Waals surface area contributed by atoms with Gasteiger partial charge in [0.25, 0.3) is 0 Å². The van der Waals surface area contributed by atoms with Gasteiger partial charge in [0.05, 0.1) is 15.5 Å². The molecule has 0 aliphatic heterocycles. The molecule has 3 rings (SSSR count). The van der Waals surface area contributed by atoms with Gasteiger partial charge in [0.15, 0.2) is 0 Å². The number of allylic oxidation sites excluding steroid dienone is 1. The summed E-state index contributed by atoms with van der Waals surface area (Å²) in [6, 6.07) is 16.3. The van der Waals surface area contributed by atoms with Crippen molar-refractivity contribution < 1.29 is 14.3 Å². The second-order valence-electron chi connectivity index (χ2n) is 5.56. The van der Waals surface area contributed by atoms with Crippen LogP contribution in [-0.4, -0.2) is 11.8 Å². The maximum Gasteiger partial charge on any atom is 0.345 e. The number of hydrogen-bond donors (Lipinski definition) is 0. The summed E-state index contributed by atoms with van der Waals surface area (Å²) in [6.07, 6.45) is 1.49. The van der Waals surface area contributed by atoms with Crippen LogP contribution in [0.1, 0.15) is 25.6 Å². The van der Waals surface area contributed by atoms with Gasteiger partial charge in [-0.2, -0.15) is 5.26 Å². The van der Waals surface area contributed by atoms with E-state index in [-0.39, 0.29) is 21.9 Å². The van der Waals surface area contributed by atoms with Gasteiger partial charge in [0.1, 0.15) is 17.4 Å². The average Bonchev–Trinajstić information content (AvgIpc) is 3.21. The number of carbonyl (C=O) groups excluding carboxylic acids is 2. The SMILES string of the molecule is N#C/C(=C\c1ccc(OC(=O)c2ccc(Cl)cc2Cl)cc1)C(=O)c1cccs1. The van der Waals surface area contributed by atoms with Crippen LogP contribution in [0.5, 0.6) is 5.75 Å². The number of benzene rings is 2. The van der Waals surface area contributed by atoms with E-state index < -0.39 is 5.97 Å². The van der Waals surface area contributed by atoms with Crippen LogP contribution < -0.4 is 4.74 Å². The van der Waals surface area contributed by atoms with Gasteiger partial charge in [-0.25, -0.2) is 4.79 Å². The molecule has 0 bridgehead atoms. The minimum atomic E-state index is -0.615. The van der Waals surface area contributed by atoms with Crippen molar-refractivity contribution in [1.82, 2.24) is 0 Å². The number of nitriles is 1. The zero-order chi connectivity index (χ0) is 20.1. The summed E-state index contributed by atoms with van der Waals surface area (Å²) in [6.45, 7) is 0. The minimum absolute atomic E-state index is 0.0279. The summed E-state index contributed by atoms with van der Waals surface area (Å²) in [4.78, 5) is 25.0. The van der Waals surface area contributed by atoms with Crippen molar-refractivity contribution in [2.75, 3.05) is 0 Å². The van der Waals surface area contributed by atoms with Crippen molar-refractivity contribution in [3.8, 4) is 11.8 Å². The number of Topliss-reactive ketones (excluding diaryl/α,β-unsaturated/α-hetero) is 1. The third kappa shape index (κ3) is 4.68. The summed E-state index contributed by atoms with van der Waals surface area (Å²) in [5.41, 5.74) is 0.856. The molecule has 0 saturated heterocycles. The van der Waals surface area contributed by atoms with Crippen LogP contribution in [0.2, 0.25) is 10.0 Å². The normalized spacial score (nSPS) is 11.0. The van der Waals surface area contributed by atoms with Crippen LogP contribution >= 0.6 is 34.5 Å². The van der Waals surface area contributed by atoms with E-state index in [1.165, 1.54) is 29.5 Å². The van der Waals surface area contributed by atoms with E-state index in [0.29, 0.717) is 21.2 Å². The molecule has 7 heteroatoms. The van der Waals surface area contributed by atoms with Crippen molar-refractivity contribution in [2.45, 2.75) is 0 Å². The molecule has 0 amide bonds. The molecule has 0 N–H and O–H groups in total. The Bertz CT molecular complexity index is 1100. The molecule has 0 saturated carbocycles. The van der Waals surface area contributed by atoms with Gasteiger partial charge in [-0.3, -0.25) is 4.79 Å². The molecule has 28 heavy (non-hydrogen) atoms. The lowest BCUT2D eigenvalue weighted by molar-refractivity contribution is 0.0734. The summed E-state index contributed by atoms with van der Waals surface area (Å²) >= 11 is 13.1. The van der Waals surface area contributed by atoms with Crippen molar-refractivity contribution in [1.29, 1.82) is 5.26 Å². The van der Waals surface area contributed by atoms with Gasteiger partial charge in [0, 0.05) is 5.02 Å². The minimum Gasteiger partial charge on any atom is -0.423 e. The molecule has 1 aromatic heterocycles. The van der Waals surface area contributed by atoms with Crippen LogP contribution in [-0.2, 0) is 0 Å². The van der Waals surface area contributed by atoms with Crippen molar-refractivity contribution in [3.05, 3.63) is 91.6 Å². The molecular formula is C21H11Cl2NO3S. The highest BCUT2D eigenvalue weighted by atomic mass is 35.5. The first-order chi connectivity index (χ1) is 13.5. The number of carbonyl (C=O) groups is 2. The quantitative estimate of drug-likeness (QED) is 0.163. The number of nitrogens with zero attached hydrogens (tertiary/aromatic N) is 1. The third-order valence-electron chi connectivity index (χ3n) is 3.66. The van der Waals surface area contributed by atoms with Crippen LogP contribution in [0.25, 0.3) is 6.08 Å². The van der Waals surface area contributed by atoms with Crippen LogP contribution in [0, 0.1) is 11.3 Å². The van der Waals surface area contributed by atoms with E-state index >= 15 is 0 Å². The Morgan fingerprint density at radius 1 is 1.07 bits per heavy atom. The molecule has 0 unspecified atom stereocenters. The highest BCUT2D eigenvalue weighted by molar-refractivity contribution is 7.12. The predicted octanol–water partition coefficient (Wildman–Crippen LogP) is 6.06. The number of rotatable bonds is 5. The van der Waals surface area contributed by atoms with Gasteiger partial charge in [0.2, 0.25) is 5.78 Å². The fourth-order valence-electron chi connectivity index (χ4n) is 2.30. The molecule has 0 atom stereocenters. The molecule has 1 heterocycles. The smallest absolute Gasteiger partial charge is 0.345 e. The Morgan fingerprint density at radius 3 is 2.43 bits per heavy atom. The topological polar surface area (TPSA) is 67.2 Å². The zero-order valence-corrected chi connectivity index (χ0v) is 16.5. The van der Waals surface area contributed by atoms with Gasteiger partial charge in [-0.15, -0.1) is 11.3 Å².